The molecule has 0 radical (unpaired) electrons. The number of nitrogens with zero attached hydrogens (tertiary/aromatic N) is 2. The van der Waals surface area contributed by atoms with Crippen molar-refractivity contribution in [3.63, 3.8) is 0 Å². The number of hydrogen-bond acceptors (Lipinski definition) is 3. The predicted molar refractivity (Wildman–Crippen MR) is 55.4 cm³/mol. The molecular formula is C8H4Cl2N2S. The van der Waals surface area contributed by atoms with E-state index in [1.807, 2.05) is 24.3 Å². The van der Waals surface area contributed by atoms with Crippen LogP contribution in [0.1, 0.15) is 0 Å². The SMILES string of the molecule is Clc1nsc(-c2ccccc2Cl)n1. The van der Waals surface area contributed by atoms with Crippen molar-refractivity contribution in [1.29, 1.82) is 0 Å². The summed E-state index contributed by atoms with van der Waals surface area (Å²) in [6, 6.07) is 7.47. The van der Waals surface area contributed by atoms with Gasteiger partial charge in [0.15, 0.2) is 0 Å². The first-order chi connectivity index (χ1) is 6.27. The van der Waals surface area contributed by atoms with Gasteiger partial charge in [-0.2, -0.15) is 4.37 Å². The third kappa shape index (κ3) is 1.82. The molecule has 2 aromatic rings. The number of rotatable bonds is 1. The number of benzene rings is 1. The number of aromatic nitrogens is 2. The fourth-order valence-corrected chi connectivity index (χ4v) is 2.08. The van der Waals surface area contributed by atoms with E-state index in [1.165, 1.54) is 11.5 Å². The van der Waals surface area contributed by atoms with Crippen molar-refractivity contribution in [3.8, 4) is 10.6 Å². The molecule has 0 unspecified atom stereocenters. The van der Waals surface area contributed by atoms with Crippen molar-refractivity contribution in [1.82, 2.24) is 9.36 Å². The fraction of sp³-hybridized carbons (Fsp3) is 0. The van der Waals surface area contributed by atoms with Crippen molar-refractivity contribution >= 4 is 34.7 Å². The first kappa shape index (κ1) is 8.94. The Balaban J connectivity index is 2.52. The van der Waals surface area contributed by atoms with Crippen molar-refractivity contribution in [2.45, 2.75) is 0 Å². The van der Waals surface area contributed by atoms with E-state index in [1.54, 1.807) is 0 Å². The Morgan fingerprint density at radius 1 is 1.15 bits per heavy atom. The Bertz CT molecular complexity index is 428. The second-order valence-corrected chi connectivity index (χ2v) is 3.85. The third-order valence-corrected chi connectivity index (χ3v) is 2.85. The highest BCUT2D eigenvalue weighted by atomic mass is 35.5. The van der Waals surface area contributed by atoms with Gasteiger partial charge >= 0.3 is 0 Å². The van der Waals surface area contributed by atoms with E-state index in [2.05, 4.69) is 9.36 Å². The molecule has 1 aromatic carbocycles. The maximum Gasteiger partial charge on any atom is 0.234 e. The molecule has 5 heteroatoms. The minimum atomic E-state index is 0.264. The normalized spacial score (nSPS) is 10.3. The first-order valence-corrected chi connectivity index (χ1v) is 5.04. The van der Waals surface area contributed by atoms with Crippen molar-refractivity contribution in [3.05, 3.63) is 34.6 Å². The predicted octanol–water partition coefficient (Wildman–Crippen LogP) is 3.51. The van der Waals surface area contributed by atoms with E-state index in [4.69, 9.17) is 23.2 Å². The van der Waals surface area contributed by atoms with Crippen LogP contribution in [0.3, 0.4) is 0 Å². The Morgan fingerprint density at radius 3 is 2.54 bits per heavy atom. The molecule has 0 atom stereocenters. The van der Waals surface area contributed by atoms with Gasteiger partial charge in [-0.1, -0.05) is 29.8 Å². The lowest BCUT2D eigenvalue weighted by atomic mass is 10.2. The molecule has 0 aliphatic rings. The Labute approximate surface area is 89.3 Å². The van der Waals surface area contributed by atoms with Gasteiger partial charge in [-0.15, -0.1) is 0 Å². The number of hydrogen-bond donors (Lipinski definition) is 0. The zero-order valence-corrected chi connectivity index (χ0v) is 8.70. The van der Waals surface area contributed by atoms with Crippen molar-refractivity contribution in [2.75, 3.05) is 0 Å². The first-order valence-electron chi connectivity index (χ1n) is 3.51. The maximum absolute atomic E-state index is 5.96. The van der Waals surface area contributed by atoms with E-state index in [0.717, 1.165) is 10.6 Å². The molecule has 2 rings (SSSR count). The second kappa shape index (κ2) is 3.62. The van der Waals surface area contributed by atoms with Crippen LogP contribution in [0.5, 0.6) is 0 Å². The van der Waals surface area contributed by atoms with E-state index in [-0.39, 0.29) is 5.28 Å². The zero-order chi connectivity index (χ0) is 9.26. The third-order valence-electron chi connectivity index (χ3n) is 1.51. The molecule has 0 fully saturated rings. The summed E-state index contributed by atoms with van der Waals surface area (Å²) in [5, 5.41) is 1.67. The fourth-order valence-electron chi connectivity index (χ4n) is 0.950. The monoisotopic (exact) mass is 230 g/mol. The van der Waals surface area contributed by atoms with Crippen LogP contribution in [0, 0.1) is 0 Å². The lowest BCUT2D eigenvalue weighted by molar-refractivity contribution is 1.33. The highest BCUT2D eigenvalue weighted by Crippen LogP contribution is 2.29. The summed E-state index contributed by atoms with van der Waals surface area (Å²) in [5.74, 6) is 0. The minimum absolute atomic E-state index is 0.264. The van der Waals surface area contributed by atoms with E-state index in [9.17, 15) is 0 Å². The standard InChI is InChI=1S/C8H4Cl2N2S/c9-6-4-2-1-3-5(6)7-11-8(10)12-13-7/h1-4H. The molecule has 66 valence electrons. The molecule has 0 amide bonds. The summed E-state index contributed by atoms with van der Waals surface area (Å²) >= 11 is 12.8. The van der Waals surface area contributed by atoms with Crippen LogP contribution in [0.2, 0.25) is 10.3 Å². The minimum Gasteiger partial charge on any atom is -0.204 e. The summed E-state index contributed by atoms with van der Waals surface area (Å²) < 4.78 is 3.87. The Kier molecular flexibility index (Phi) is 2.49. The highest BCUT2D eigenvalue weighted by Gasteiger charge is 2.07. The molecule has 0 saturated carbocycles. The molecule has 0 aliphatic carbocycles. The van der Waals surface area contributed by atoms with E-state index in [0.29, 0.717) is 5.02 Å². The van der Waals surface area contributed by atoms with Gasteiger partial charge in [0.2, 0.25) is 5.28 Å². The van der Waals surface area contributed by atoms with Crippen LogP contribution < -0.4 is 0 Å². The molecule has 1 heterocycles. The molecule has 0 N–H and O–H groups in total. The molecule has 0 aliphatic heterocycles. The van der Waals surface area contributed by atoms with Crippen LogP contribution >= 0.6 is 34.7 Å². The Hall–Kier alpha value is -0.640. The zero-order valence-electron chi connectivity index (χ0n) is 6.37. The summed E-state index contributed by atoms with van der Waals surface area (Å²) in [6.45, 7) is 0. The summed E-state index contributed by atoms with van der Waals surface area (Å²) in [7, 11) is 0. The van der Waals surface area contributed by atoms with Crippen LogP contribution in [0.4, 0.5) is 0 Å². The largest absolute Gasteiger partial charge is 0.234 e. The summed E-state index contributed by atoms with van der Waals surface area (Å²) in [4.78, 5) is 4.03. The lowest BCUT2D eigenvalue weighted by Gasteiger charge is -1.96. The average molecular weight is 231 g/mol. The number of halogens is 2. The average Bonchev–Trinajstić information content (AvgIpc) is 2.53. The quantitative estimate of drug-likeness (QED) is 0.750. The van der Waals surface area contributed by atoms with Gasteiger partial charge in [-0.25, -0.2) is 4.98 Å². The van der Waals surface area contributed by atoms with Crippen LogP contribution in [-0.4, -0.2) is 9.36 Å². The highest BCUT2D eigenvalue weighted by molar-refractivity contribution is 7.09. The van der Waals surface area contributed by atoms with Gasteiger partial charge in [0.25, 0.3) is 0 Å². The molecule has 0 saturated heterocycles. The molecule has 2 nitrogen and oxygen atoms in total. The smallest absolute Gasteiger partial charge is 0.204 e. The lowest BCUT2D eigenvalue weighted by Crippen LogP contribution is -1.76. The van der Waals surface area contributed by atoms with Crippen LogP contribution in [-0.2, 0) is 0 Å². The van der Waals surface area contributed by atoms with Gasteiger partial charge in [0.1, 0.15) is 5.01 Å². The molecule has 13 heavy (non-hydrogen) atoms. The van der Waals surface area contributed by atoms with E-state index >= 15 is 0 Å². The summed E-state index contributed by atoms with van der Waals surface area (Å²) in [5.41, 5.74) is 0.869. The maximum atomic E-state index is 5.96. The van der Waals surface area contributed by atoms with Gasteiger partial charge in [-0.3, -0.25) is 0 Å². The Morgan fingerprint density at radius 2 is 1.92 bits per heavy atom. The second-order valence-electron chi connectivity index (χ2n) is 2.35. The van der Waals surface area contributed by atoms with Gasteiger partial charge in [-0.05, 0) is 29.2 Å². The summed E-state index contributed by atoms with van der Waals surface area (Å²) in [6.07, 6.45) is 0. The molecule has 0 bridgehead atoms. The van der Waals surface area contributed by atoms with Crippen LogP contribution in [0.15, 0.2) is 24.3 Å². The van der Waals surface area contributed by atoms with Gasteiger partial charge in [0, 0.05) is 5.56 Å². The van der Waals surface area contributed by atoms with Crippen molar-refractivity contribution < 1.29 is 0 Å². The van der Waals surface area contributed by atoms with Gasteiger partial charge < -0.3 is 0 Å². The topological polar surface area (TPSA) is 25.8 Å². The molecule has 1 aromatic heterocycles. The van der Waals surface area contributed by atoms with Crippen molar-refractivity contribution in [2.24, 2.45) is 0 Å². The van der Waals surface area contributed by atoms with Crippen LogP contribution in [0.25, 0.3) is 10.6 Å². The molecule has 0 spiro atoms. The molecular weight excluding hydrogens is 227 g/mol. The van der Waals surface area contributed by atoms with E-state index < -0.39 is 0 Å². The van der Waals surface area contributed by atoms with Gasteiger partial charge in [0.05, 0.1) is 5.02 Å².